The number of aryl methyl sites for hydroxylation is 1. The number of allylic oxidation sites excluding steroid dienone is 1. The minimum absolute atomic E-state index is 0.134. The van der Waals surface area contributed by atoms with Gasteiger partial charge in [0.2, 0.25) is 0 Å². The lowest BCUT2D eigenvalue weighted by Gasteiger charge is -2.08. The molecule has 0 saturated carbocycles. The fourth-order valence-corrected chi connectivity index (χ4v) is 3.16. The molecule has 5 heteroatoms. The van der Waals surface area contributed by atoms with Crippen LogP contribution in [0.25, 0.3) is 5.03 Å². The van der Waals surface area contributed by atoms with E-state index >= 15 is 0 Å². The Labute approximate surface area is 179 Å². The van der Waals surface area contributed by atoms with E-state index < -0.39 is 0 Å². The third kappa shape index (κ3) is 5.17. The molecule has 3 aromatic rings. The Morgan fingerprint density at radius 3 is 2.29 bits per heavy atom. The second-order valence-electron chi connectivity index (χ2n) is 6.35. The first kappa shape index (κ1) is 20.5. The van der Waals surface area contributed by atoms with Crippen molar-refractivity contribution in [3.05, 3.63) is 105 Å². The van der Waals surface area contributed by atoms with Gasteiger partial charge in [0, 0.05) is 16.3 Å². The van der Waals surface area contributed by atoms with E-state index in [0.29, 0.717) is 27.1 Å². The van der Waals surface area contributed by atoms with Crippen LogP contribution < -0.4 is 5.32 Å². The Hall–Kier alpha value is -2.26. The predicted molar refractivity (Wildman–Crippen MR) is 120 cm³/mol. The van der Waals surface area contributed by atoms with E-state index in [0.717, 1.165) is 22.4 Å². The van der Waals surface area contributed by atoms with Gasteiger partial charge >= 0.3 is 0 Å². The van der Waals surface area contributed by atoms with Crippen molar-refractivity contribution in [3.8, 4) is 0 Å². The molecule has 0 unspecified atom stereocenters. The zero-order valence-electron chi connectivity index (χ0n) is 15.2. The number of carbonyl (C=O) groups is 1. The van der Waals surface area contributed by atoms with Gasteiger partial charge in [-0.3, -0.25) is 4.79 Å². The van der Waals surface area contributed by atoms with Crippen LogP contribution in [-0.2, 0) is 6.42 Å². The highest BCUT2D eigenvalue weighted by Crippen LogP contribution is 2.28. The summed E-state index contributed by atoms with van der Waals surface area (Å²) >= 11 is 18.3. The average Bonchev–Trinajstić information content (AvgIpc) is 2.70. The molecule has 3 rings (SSSR count). The fourth-order valence-electron chi connectivity index (χ4n) is 2.67. The van der Waals surface area contributed by atoms with E-state index in [1.807, 2.05) is 67.6 Å². The summed E-state index contributed by atoms with van der Waals surface area (Å²) < 4.78 is 0. The Morgan fingerprint density at radius 1 is 0.929 bits per heavy atom. The molecule has 0 saturated heterocycles. The minimum Gasteiger partial charge on any atom is -0.322 e. The Morgan fingerprint density at radius 2 is 1.61 bits per heavy atom. The minimum atomic E-state index is -0.134. The van der Waals surface area contributed by atoms with Gasteiger partial charge in [-0.15, -0.1) is 0 Å². The molecule has 0 heterocycles. The molecule has 0 aromatic heterocycles. The third-order valence-corrected chi connectivity index (χ3v) is 5.43. The summed E-state index contributed by atoms with van der Waals surface area (Å²) in [5.74, 6) is -0.134. The van der Waals surface area contributed by atoms with Crippen LogP contribution in [0.1, 0.15) is 27.0 Å². The number of hydrogen-bond donors (Lipinski definition) is 1. The maximum Gasteiger partial charge on any atom is 0.255 e. The first-order chi connectivity index (χ1) is 13.4. The van der Waals surface area contributed by atoms with E-state index in [1.165, 1.54) is 0 Å². The average molecular weight is 431 g/mol. The zero-order valence-corrected chi connectivity index (χ0v) is 17.4. The van der Waals surface area contributed by atoms with Gasteiger partial charge < -0.3 is 5.32 Å². The van der Waals surface area contributed by atoms with Crippen molar-refractivity contribution in [2.24, 2.45) is 0 Å². The number of carbonyl (C=O) groups excluding carboxylic acids is 1. The van der Waals surface area contributed by atoms with Crippen LogP contribution in [0.4, 0.5) is 5.69 Å². The molecule has 0 bridgehead atoms. The highest BCUT2D eigenvalue weighted by atomic mass is 35.5. The molecule has 28 heavy (non-hydrogen) atoms. The lowest BCUT2D eigenvalue weighted by atomic mass is 10.1. The molecule has 0 aliphatic heterocycles. The molecule has 0 aliphatic rings. The van der Waals surface area contributed by atoms with Gasteiger partial charge in [0.05, 0.1) is 10.0 Å². The number of para-hydroxylation sites is 1. The van der Waals surface area contributed by atoms with Crippen LogP contribution in [0.2, 0.25) is 10.0 Å². The van der Waals surface area contributed by atoms with Gasteiger partial charge in [0.1, 0.15) is 0 Å². The quantitative estimate of drug-likeness (QED) is 0.449. The first-order valence-corrected chi connectivity index (χ1v) is 9.84. The maximum atomic E-state index is 12.4. The van der Waals surface area contributed by atoms with Gasteiger partial charge in [-0.1, -0.05) is 77.3 Å². The van der Waals surface area contributed by atoms with Crippen LogP contribution in [0.5, 0.6) is 0 Å². The van der Waals surface area contributed by atoms with Crippen molar-refractivity contribution in [1.82, 2.24) is 0 Å². The summed E-state index contributed by atoms with van der Waals surface area (Å²) in [7, 11) is 0. The maximum absolute atomic E-state index is 12.4. The van der Waals surface area contributed by atoms with Crippen molar-refractivity contribution < 1.29 is 4.79 Å². The number of halogens is 3. The van der Waals surface area contributed by atoms with Gasteiger partial charge in [-0.05, 0) is 60.4 Å². The largest absolute Gasteiger partial charge is 0.322 e. The molecule has 1 N–H and O–H groups in total. The number of amides is 1. The predicted octanol–water partition coefficient (Wildman–Crippen LogP) is 7.38. The summed E-state index contributed by atoms with van der Waals surface area (Å²) in [6, 6.07) is 20.4. The summed E-state index contributed by atoms with van der Waals surface area (Å²) in [5.41, 5.74) is 4.30. The van der Waals surface area contributed by atoms with Crippen molar-refractivity contribution >= 4 is 51.4 Å². The first-order valence-electron chi connectivity index (χ1n) is 8.71. The van der Waals surface area contributed by atoms with E-state index in [2.05, 4.69) is 5.32 Å². The Kier molecular flexibility index (Phi) is 6.79. The number of benzene rings is 3. The number of nitrogens with one attached hydrogen (secondary N) is 1. The molecule has 0 radical (unpaired) electrons. The van der Waals surface area contributed by atoms with Crippen LogP contribution in [-0.4, -0.2) is 5.91 Å². The summed E-state index contributed by atoms with van der Waals surface area (Å²) in [6.07, 6.45) is 2.54. The molecule has 0 spiro atoms. The lowest BCUT2D eigenvalue weighted by Crippen LogP contribution is -2.12. The topological polar surface area (TPSA) is 29.1 Å². The van der Waals surface area contributed by atoms with Crippen LogP contribution in [0.3, 0.4) is 0 Å². The second-order valence-corrected chi connectivity index (χ2v) is 7.57. The number of hydrogen-bond acceptors (Lipinski definition) is 1. The standard InChI is InChI=1S/C23H18Cl3NO/c1-15-4-2-3-5-22(15)27-23(28)17-9-6-16(7-10-17)8-12-19(24)18-11-13-20(25)21(26)14-18/h2-7,9-14H,8H2,1H3,(H,27,28)/b19-12+. The second kappa shape index (κ2) is 9.29. The molecule has 0 atom stereocenters. The van der Waals surface area contributed by atoms with Crippen LogP contribution >= 0.6 is 34.8 Å². The monoisotopic (exact) mass is 429 g/mol. The van der Waals surface area contributed by atoms with Crippen molar-refractivity contribution in [2.75, 3.05) is 5.32 Å². The summed E-state index contributed by atoms with van der Waals surface area (Å²) in [6.45, 7) is 1.96. The van der Waals surface area contributed by atoms with Crippen LogP contribution in [0.15, 0.2) is 72.8 Å². The fraction of sp³-hybridized carbons (Fsp3) is 0.0870. The molecular formula is C23H18Cl3NO. The van der Waals surface area contributed by atoms with E-state index in [-0.39, 0.29) is 5.91 Å². The Bertz CT molecular complexity index is 1030. The summed E-state index contributed by atoms with van der Waals surface area (Å²) in [4.78, 5) is 12.4. The molecular weight excluding hydrogens is 413 g/mol. The van der Waals surface area contributed by atoms with Crippen molar-refractivity contribution in [1.29, 1.82) is 0 Å². The molecule has 0 fully saturated rings. The van der Waals surface area contributed by atoms with E-state index in [9.17, 15) is 4.79 Å². The molecule has 0 aliphatic carbocycles. The highest BCUT2D eigenvalue weighted by Gasteiger charge is 2.08. The van der Waals surface area contributed by atoms with Gasteiger partial charge in [0.15, 0.2) is 0 Å². The Balaban J connectivity index is 1.66. The normalized spacial score (nSPS) is 11.4. The molecule has 1 amide bonds. The van der Waals surface area contributed by atoms with E-state index in [4.69, 9.17) is 34.8 Å². The number of rotatable bonds is 5. The molecule has 2 nitrogen and oxygen atoms in total. The van der Waals surface area contributed by atoms with Crippen molar-refractivity contribution in [3.63, 3.8) is 0 Å². The zero-order chi connectivity index (χ0) is 20.1. The lowest BCUT2D eigenvalue weighted by molar-refractivity contribution is 0.102. The van der Waals surface area contributed by atoms with Gasteiger partial charge in [0.25, 0.3) is 5.91 Å². The van der Waals surface area contributed by atoms with Crippen LogP contribution in [0, 0.1) is 6.92 Å². The SMILES string of the molecule is Cc1ccccc1NC(=O)c1ccc(C/C=C(/Cl)c2ccc(Cl)c(Cl)c2)cc1. The van der Waals surface area contributed by atoms with Gasteiger partial charge in [-0.25, -0.2) is 0 Å². The molecule has 142 valence electrons. The molecule has 3 aromatic carbocycles. The summed E-state index contributed by atoms with van der Waals surface area (Å²) in [5, 5.41) is 4.49. The van der Waals surface area contributed by atoms with Gasteiger partial charge in [-0.2, -0.15) is 0 Å². The number of anilines is 1. The smallest absolute Gasteiger partial charge is 0.255 e. The third-order valence-electron chi connectivity index (χ3n) is 4.32. The van der Waals surface area contributed by atoms with E-state index in [1.54, 1.807) is 12.1 Å². The van der Waals surface area contributed by atoms with Crippen molar-refractivity contribution in [2.45, 2.75) is 13.3 Å². The highest BCUT2D eigenvalue weighted by molar-refractivity contribution is 6.49.